The van der Waals surface area contributed by atoms with Crippen LogP contribution in [0.1, 0.15) is 34.4 Å². The minimum atomic E-state index is -0.197. The number of thioether (sulfide) groups is 1. The van der Waals surface area contributed by atoms with Gasteiger partial charge in [-0.3, -0.25) is 0 Å². The minimum absolute atomic E-state index is 0.197. The molecule has 146 valence electrons. The van der Waals surface area contributed by atoms with E-state index in [9.17, 15) is 4.39 Å². The zero-order valence-corrected chi connectivity index (χ0v) is 17.9. The molecule has 1 aliphatic carbocycles. The summed E-state index contributed by atoms with van der Waals surface area (Å²) in [5.74, 6) is 0.486. The van der Waals surface area contributed by atoms with Crippen LogP contribution in [0.2, 0.25) is 0 Å². The average molecular weight is 421 g/mol. The van der Waals surface area contributed by atoms with Crippen molar-refractivity contribution in [2.24, 2.45) is 0 Å². The number of benzene rings is 2. The summed E-state index contributed by atoms with van der Waals surface area (Å²) >= 11 is 3.38. The first-order chi connectivity index (χ1) is 14.2. The summed E-state index contributed by atoms with van der Waals surface area (Å²) in [6, 6.07) is 13.7. The van der Waals surface area contributed by atoms with Crippen molar-refractivity contribution in [2.45, 2.75) is 43.4 Å². The molecule has 0 aliphatic heterocycles. The molecule has 2 nitrogen and oxygen atoms in total. The van der Waals surface area contributed by atoms with Crippen molar-refractivity contribution in [1.82, 2.24) is 9.97 Å². The van der Waals surface area contributed by atoms with Gasteiger partial charge in [-0.2, -0.15) is 0 Å². The van der Waals surface area contributed by atoms with E-state index in [4.69, 9.17) is 0 Å². The Bertz CT molecular complexity index is 1200. The lowest BCUT2D eigenvalue weighted by molar-refractivity contribution is 0.626. The molecule has 2 aromatic carbocycles. The van der Waals surface area contributed by atoms with Crippen molar-refractivity contribution in [2.75, 3.05) is 0 Å². The highest BCUT2D eigenvalue weighted by Gasteiger charge is 2.19. The maximum atomic E-state index is 13.5. The number of hydrogen-bond donors (Lipinski definition) is 0. The summed E-state index contributed by atoms with van der Waals surface area (Å²) in [4.78, 5) is 11.4. The Morgan fingerprint density at radius 3 is 2.76 bits per heavy atom. The van der Waals surface area contributed by atoms with Gasteiger partial charge in [0.1, 0.15) is 22.0 Å². The van der Waals surface area contributed by atoms with Crippen LogP contribution in [0.3, 0.4) is 0 Å². The van der Waals surface area contributed by atoms with E-state index in [-0.39, 0.29) is 5.82 Å². The van der Waals surface area contributed by atoms with Gasteiger partial charge >= 0.3 is 0 Å². The quantitative estimate of drug-likeness (QED) is 0.263. The van der Waals surface area contributed by atoms with Crippen molar-refractivity contribution in [3.8, 4) is 11.1 Å². The number of nitrogens with zero attached hydrogens (tertiary/aromatic N) is 2. The molecule has 2 aromatic heterocycles. The molecule has 0 fully saturated rings. The van der Waals surface area contributed by atoms with E-state index < -0.39 is 0 Å². The number of rotatable bonds is 4. The third-order valence-electron chi connectivity index (χ3n) is 5.53. The zero-order valence-electron chi connectivity index (χ0n) is 16.2. The highest BCUT2D eigenvalue weighted by atomic mass is 32.2. The van der Waals surface area contributed by atoms with Gasteiger partial charge in [0, 0.05) is 16.2 Å². The van der Waals surface area contributed by atoms with Gasteiger partial charge in [-0.15, -0.1) is 23.1 Å². The first-order valence-corrected chi connectivity index (χ1v) is 11.7. The third kappa shape index (κ3) is 3.69. The summed E-state index contributed by atoms with van der Waals surface area (Å²) in [5.41, 5.74) is 6.45. The molecule has 5 heteroatoms. The average Bonchev–Trinajstić information content (AvgIpc) is 3.08. The molecule has 0 unspecified atom stereocenters. The molecule has 0 spiro atoms. The summed E-state index contributed by atoms with van der Waals surface area (Å²) in [6.07, 6.45) is 6.57. The fourth-order valence-electron chi connectivity index (χ4n) is 4.14. The van der Waals surface area contributed by atoms with Gasteiger partial charge in [0.15, 0.2) is 0 Å². The van der Waals surface area contributed by atoms with Crippen molar-refractivity contribution in [1.29, 1.82) is 0 Å². The Hall–Kier alpha value is -2.24. The van der Waals surface area contributed by atoms with Crippen molar-refractivity contribution in [3.05, 3.63) is 76.2 Å². The highest BCUT2D eigenvalue weighted by Crippen LogP contribution is 2.42. The van der Waals surface area contributed by atoms with E-state index >= 15 is 0 Å². The maximum absolute atomic E-state index is 13.5. The largest absolute Gasteiger partial charge is 0.229 e. The molecule has 0 radical (unpaired) electrons. The number of halogens is 1. The van der Waals surface area contributed by atoms with Gasteiger partial charge < -0.3 is 0 Å². The molecule has 0 N–H and O–H groups in total. The SMILES string of the molecule is Cc1sc2ncnc(SCc3cccc(F)c3)c2c1-c1ccc2c(c1)CCCC2. The van der Waals surface area contributed by atoms with Gasteiger partial charge in [-0.25, -0.2) is 14.4 Å². The van der Waals surface area contributed by atoms with Crippen molar-refractivity contribution in [3.63, 3.8) is 0 Å². The smallest absolute Gasteiger partial charge is 0.128 e. The Kier molecular flexibility index (Phi) is 5.10. The van der Waals surface area contributed by atoms with Crippen LogP contribution < -0.4 is 0 Å². The third-order valence-corrected chi connectivity index (χ3v) is 7.61. The van der Waals surface area contributed by atoms with Crippen LogP contribution in [0.5, 0.6) is 0 Å². The molecule has 0 amide bonds. The van der Waals surface area contributed by atoms with Gasteiger partial charge in [0.05, 0.1) is 5.39 Å². The molecule has 0 bridgehead atoms. The summed E-state index contributed by atoms with van der Waals surface area (Å²) < 4.78 is 13.5. The van der Waals surface area contributed by atoms with Crippen LogP contribution >= 0.6 is 23.1 Å². The molecule has 2 heterocycles. The van der Waals surface area contributed by atoms with E-state index in [0.29, 0.717) is 5.75 Å². The predicted octanol–water partition coefficient (Wildman–Crippen LogP) is 6.98. The van der Waals surface area contributed by atoms with Crippen LogP contribution in [-0.4, -0.2) is 9.97 Å². The normalized spacial score (nSPS) is 13.6. The van der Waals surface area contributed by atoms with E-state index in [1.165, 1.54) is 58.9 Å². The van der Waals surface area contributed by atoms with Gasteiger partial charge in [0.25, 0.3) is 0 Å². The predicted molar refractivity (Wildman–Crippen MR) is 120 cm³/mol. The van der Waals surface area contributed by atoms with Crippen molar-refractivity contribution < 1.29 is 4.39 Å². The molecule has 1 aliphatic rings. The van der Waals surface area contributed by atoms with Crippen molar-refractivity contribution >= 4 is 33.3 Å². The minimum Gasteiger partial charge on any atom is -0.229 e. The lowest BCUT2D eigenvalue weighted by Crippen LogP contribution is -2.02. The fraction of sp³-hybridized carbons (Fsp3) is 0.250. The first kappa shape index (κ1) is 18.8. The molecule has 0 saturated carbocycles. The number of fused-ring (bicyclic) bond motifs is 2. The number of aryl methyl sites for hydroxylation is 3. The Balaban J connectivity index is 1.56. The highest BCUT2D eigenvalue weighted by molar-refractivity contribution is 7.98. The number of aromatic nitrogens is 2. The molecule has 29 heavy (non-hydrogen) atoms. The van der Waals surface area contributed by atoms with Crippen LogP contribution in [-0.2, 0) is 18.6 Å². The summed E-state index contributed by atoms with van der Waals surface area (Å²) in [5, 5.41) is 2.10. The maximum Gasteiger partial charge on any atom is 0.128 e. The lowest BCUT2D eigenvalue weighted by atomic mass is 9.89. The molecular formula is C24H21FN2S2. The van der Waals surface area contributed by atoms with E-state index in [2.05, 4.69) is 35.1 Å². The molecule has 0 atom stereocenters. The van der Waals surface area contributed by atoms with Gasteiger partial charge in [-0.1, -0.05) is 30.3 Å². The Morgan fingerprint density at radius 2 is 1.90 bits per heavy atom. The Morgan fingerprint density at radius 1 is 1.03 bits per heavy atom. The summed E-state index contributed by atoms with van der Waals surface area (Å²) in [6.45, 7) is 2.17. The summed E-state index contributed by atoms with van der Waals surface area (Å²) in [7, 11) is 0. The van der Waals surface area contributed by atoms with E-state index in [1.54, 1.807) is 41.6 Å². The monoisotopic (exact) mass is 420 g/mol. The number of thiophene rings is 1. The van der Waals surface area contributed by atoms with Gasteiger partial charge in [0.2, 0.25) is 0 Å². The van der Waals surface area contributed by atoms with E-state index in [1.807, 2.05) is 6.07 Å². The standard InChI is InChI=1S/C24H21FN2S2/c1-15-21(19-10-9-17-6-2-3-7-18(17)12-19)22-23(26-14-27-24(22)29-15)28-13-16-5-4-8-20(25)11-16/h4-5,8-12,14H,2-3,6-7,13H2,1H3. The second-order valence-corrected chi connectivity index (χ2v) is 9.67. The topological polar surface area (TPSA) is 25.8 Å². The zero-order chi connectivity index (χ0) is 19.8. The van der Waals surface area contributed by atoms with E-state index in [0.717, 1.165) is 20.8 Å². The lowest BCUT2D eigenvalue weighted by Gasteiger charge is -2.17. The second-order valence-electron chi connectivity index (χ2n) is 7.50. The second kappa shape index (κ2) is 7.88. The molecule has 5 rings (SSSR count). The van der Waals surface area contributed by atoms with Crippen LogP contribution in [0.25, 0.3) is 21.3 Å². The van der Waals surface area contributed by atoms with Gasteiger partial charge in [-0.05, 0) is 67.0 Å². The number of hydrogen-bond acceptors (Lipinski definition) is 4. The molecule has 4 aromatic rings. The Labute approximate surface area is 178 Å². The van der Waals surface area contributed by atoms with Crippen LogP contribution in [0.4, 0.5) is 4.39 Å². The van der Waals surface area contributed by atoms with Crippen LogP contribution in [0.15, 0.2) is 53.8 Å². The molecular weight excluding hydrogens is 399 g/mol. The van der Waals surface area contributed by atoms with Crippen LogP contribution in [0, 0.1) is 12.7 Å². The first-order valence-electron chi connectivity index (χ1n) is 9.92. The fourth-order valence-corrected chi connectivity index (χ4v) is 6.17. The molecule has 0 saturated heterocycles.